The van der Waals surface area contributed by atoms with Crippen LogP contribution in [-0.2, 0) is 5.41 Å². The second kappa shape index (κ2) is 13.0. The SMILES string of the molecule is CC1(C)c2ccccc2-c2ccc(N(c3ccccc3)c3cccc4c3oc3c(-c5cc(-c6ccccc6)cc(-c6ccccc6)c5)cc5ccccc5c34)cc21. The van der Waals surface area contributed by atoms with Gasteiger partial charge in [-0.2, -0.15) is 0 Å². The zero-order valence-electron chi connectivity index (χ0n) is 31.9. The number of anilines is 3. The number of rotatable bonds is 6. The van der Waals surface area contributed by atoms with Crippen LogP contribution in [0.5, 0.6) is 0 Å². The number of para-hydroxylation sites is 2. The standard InChI is InChI=1S/C55H39NO/c1-55(2)49-27-15-14-25-45(49)46-30-29-43(35-50(46)55)56(42-22-10-5-11-23-42)51-28-16-26-47-52-44-24-13-12-21-38(44)34-48(54(52)57-53(47)51)41-32-39(36-17-6-3-7-18-36)31-40(33-41)37-19-8-4-9-20-37/h3-35H,1-2H3. The molecule has 2 nitrogen and oxygen atoms in total. The van der Waals surface area contributed by atoms with Crippen LogP contribution in [0, 0.1) is 0 Å². The molecule has 0 aliphatic heterocycles. The first-order valence-electron chi connectivity index (χ1n) is 19.8. The van der Waals surface area contributed by atoms with E-state index in [4.69, 9.17) is 4.42 Å². The van der Waals surface area contributed by atoms with Crippen molar-refractivity contribution in [2.75, 3.05) is 4.90 Å². The van der Waals surface area contributed by atoms with Gasteiger partial charge in [0.15, 0.2) is 5.58 Å². The van der Waals surface area contributed by atoms with Crippen LogP contribution in [0.4, 0.5) is 17.1 Å². The molecule has 9 aromatic carbocycles. The molecular formula is C55H39NO. The molecule has 0 spiro atoms. The lowest BCUT2D eigenvalue weighted by atomic mass is 9.82. The molecule has 0 saturated heterocycles. The molecule has 1 aliphatic rings. The monoisotopic (exact) mass is 729 g/mol. The Kier molecular flexibility index (Phi) is 7.55. The Bertz CT molecular complexity index is 3080. The van der Waals surface area contributed by atoms with Crippen LogP contribution < -0.4 is 4.90 Å². The maximum Gasteiger partial charge on any atom is 0.159 e. The fourth-order valence-electron chi connectivity index (χ4n) is 9.24. The molecule has 0 atom stereocenters. The summed E-state index contributed by atoms with van der Waals surface area (Å²) in [5.41, 5.74) is 17.0. The van der Waals surface area contributed by atoms with Crippen molar-refractivity contribution in [2.24, 2.45) is 0 Å². The van der Waals surface area contributed by atoms with Crippen molar-refractivity contribution in [3.63, 3.8) is 0 Å². The predicted octanol–water partition coefficient (Wildman–Crippen LogP) is 15.5. The van der Waals surface area contributed by atoms with Gasteiger partial charge in [-0.25, -0.2) is 0 Å². The van der Waals surface area contributed by atoms with E-state index in [2.05, 4.69) is 219 Å². The number of hydrogen-bond acceptors (Lipinski definition) is 2. The first kappa shape index (κ1) is 33.2. The van der Waals surface area contributed by atoms with Crippen LogP contribution in [0.3, 0.4) is 0 Å². The highest BCUT2D eigenvalue weighted by Crippen LogP contribution is 2.52. The van der Waals surface area contributed by atoms with Crippen molar-refractivity contribution >= 4 is 49.8 Å². The minimum atomic E-state index is -0.129. The minimum Gasteiger partial charge on any atom is -0.453 e. The van der Waals surface area contributed by atoms with Gasteiger partial charge in [0.2, 0.25) is 0 Å². The van der Waals surface area contributed by atoms with Crippen LogP contribution >= 0.6 is 0 Å². The van der Waals surface area contributed by atoms with E-state index < -0.39 is 0 Å². The Morgan fingerprint density at radius 2 is 0.982 bits per heavy atom. The molecule has 0 unspecified atom stereocenters. The van der Waals surface area contributed by atoms with Crippen molar-refractivity contribution in [3.8, 4) is 44.5 Å². The highest BCUT2D eigenvalue weighted by Gasteiger charge is 2.36. The quantitative estimate of drug-likeness (QED) is 0.169. The van der Waals surface area contributed by atoms with E-state index in [1.807, 2.05) is 0 Å². The Hall–Kier alpha value is -7.16. The number of nitrogens with zero attached hydrogens (tertiary/aromatic N) is 1. The van der Waals surface area contributed by atoms with E-state index >= 15 is 0 Å². The van der Waals surface area contributed by atoms with Gasteiger partial charge in [-0.3, -0.25) is 0 Å². The molecule has 1 heterocycles. The van der Waals surface area contributed by atoms with Gasteiger partial charge in [-0.05, 0) is 115 Å². The summed E-state index contributed by atoms with van der Waals surface area (Å²) in [6, 6.07) is 72.4. The fourth-order valence-corrected chi connectivity index (χ4v) is 9.24. The van der Waals surface area contributed by atoms with E-state index in [0.29, 0.717) is 0 Å². The number of fused-ring (bicyclic) bond motifs is 8. The highest BCUT2D eigenvalue weighted by molar-refractivity contribution is 6.24. The van der Waals surface area contributed by atoms with Crippen LogP contribution in [0.1, 0.15) is 25.0 Å². The summed E-state index contributed by atoms with van der Waals surface area (Å²) in [5.74, 6) is 0. The summed E-state index contributed by atoms with van der Waals surface area (Å²) in [6.45, 7) is 4.69. The lowest BCUT2D eigenvalue weighted by Gasteiger charge is -2.28. The lowest BCUT2D eigenvalue weighted by Crippen LogP contribution is -2.16. The maximum absolute atomic E-state index is 7.33. The normalized spacial score (nSPS) is 12.9. The number of benzene rings is 9. The third kappa shape index (κ3) is 5.33. The summed E-state index contributed by atoms with van der Waals surface area (Å²) in [6.07, 6.45) is 0. The molecule has 10 aromatic rings. The number of furan rings is 1. The molecule has 1 aromatic heterocycles. The molecule has 11 rings (SSSR count). The lowest BCUT2D eigenvalue weighted by molar-refractivity contribution is 0.660. The Labute approximate surface area is 332 Å². The van der Waals surface area contributed by atoms with Gasteiger partial charge in [0.05, 0.1) is 5.69 Å². The Morgan fingerprint density at radius 3 is 1.72 bits per heavy atom. The highest BCUT2D eigenvalue weighted by atomic mass is 16.3. The van der Waals surface area contributed by atoms with Crippen molar-refractivity contribution in [2.45, 2.75) is 19.3 Å². The van der Waals surface area contributed by atoms with Crippen molar-refractivity contribution in [1.29, 1.82) is 0 Å². The van der Waals surface area contributed by atoms with Gasteiger partial charge in [0.1, 0.15) is 5.58 Å². The van der Waals surface area contributed by atoms with Gasteiger partial charge in [0, 0.05) is 33.1 Å². The van der Waals surface area contributed by atoms with Crippen molar-refractivity contribution in [3.05, 3.63) is 211 Å². The topological polar surface area (TPSA) is 16.4 Å². The average molecular weight is 730 g/mol. The zero-order chi connectivity index (χ0) is 38.1. The van der Waals surface area contributed by atoms with Crippen LogP contribution in [0.25, 0.3) is 77.2 Å². The second-order valence-electron chi connectivity index (χ2n) is 15.7. The van der Waals surface area contributed by atoms with E-state index in [0.717, 1.165) is 50.1 Å². The van der Waals surface area contributed by atoms with Gasteiger partial charge in [0.25, 0.3) is 0 Å². The van der Waals surface area contributed by atoms with Crippen LogP contribution in [0.15, 0.2) is 205 Å². The van der Waals surface area contributed by atoms with Gasteiger partial charge in [-0.1, -0.05) is 159 Å². The smallest absolute Gasteiger partial charge is 0.159 e. The molecule has 2 heteroatoms. The zero-order valence-corrected chi connectivity index (χ0v) is 31.9. The number of hydrogen-bond donors (Lipinski definition) is 0. The third-order valence-electron chi connectivity index (χ3n) is 12.0. The third-order valence-corrected chi connectivity index (χ3v) is 12.0. The summed E-state index contributed by atoms with van der Waals surface area (Å²) >= 11 is 0. The second-order valence-corrected chi connectivity index (χ2v) is 15.7. The van der Waals surface area contributed by atoms with E-state index in [-0.39, 0.29) is 5.41 Å². The molecule has 1 aliphatic carbocycles. The largest absolute Gasteiger partial charge is 0.453 e. The molecule has 0 bridgehead atoms. The fraction of sp³-hybridized carbons (Fsp3) is 0.0545. The molecule has 0 amide bonds. The molecule has 0 saturated carbocycles. The summed E-state index contributed by atoms with van der Waals surface area (Å²) in [7, 11) is 0. The molecular weight excluding hydrogens is 691 g/mol. The Morgan fingerprint density at radius 1 is 0.386 bits per heavy atom. The molecule has 57 heavy (non-hydrogen) atoms. The van der Waals surface area contributed by atoms with Gasteiger partial charge >= 0.3 is 0 Å². The first-order chi connectivity index (χ1) is 28.0. The maximum atomic E-state index is 7.33. The van der Waals surface area contributed by atoms with Crippen LogP contribution in [-0.4, -0.2) is 0 Å². The summed E-state index contributed by atoms with van der Waals surface area (Å²) in [4.78, 5) is 2.37. The van der Waals surface area contributed by atoms with Crippen molar-refractivity contribution < 1.29 is 4.42 Å². The van der Waals surface area contributed by atoms with E-state index in [9.17, 15) is 0 Å². The Balaban J connectivity index is 1.17. The molecule has 0 radical (unpaired) electrons. The van der Waals surface area contributed by atoms with Crippen molar-refractivity contribution in [1.82, 2.24) is 0 Å². The van der Waals surface area contributed by atoms with E-state index in [1.54, 1.807) is 0 Å². The molecule has 270 valence electrons. The summed E-state index contributed by atoms with van der Waals surface area (Å²) < 4.78 is 7.33. The molecule has 0 fully saturated rings. The predicted molar refractivity (Wildman–Crippen MR) is 240 cm³/mol. The average Bonchev–Trinajstić information content (AvgIpc) is 3.78. The molecule has 0 N–H and O–H groups in total. The van der Waals surface area contributed by atoms with Crippen LogP contribution in [0.2, 0.25) is 0 Å². The van der Waals surface area contributed by atoms with Gasteiger partial charge in [-0.15, -0.1) is 0 Å². The van der Waals surface area contributed by atoms with E-state index in [1.165, 1.54) is 55.3 Å². The first-order valence-corrected chi connectivity index (χ1v) is 19.8. The summed E-state index contributed by atoms with van der Waals surface area (Å²) in [5, 5.41) is 4.58. The minimum absolute atomic E-state index is 0.129. The van der Waals surface area contributed by atoms with Gasteiger partial charge < -0.3 is 9.32 Å².